The van der Waals surface area contributed by atoms with Gasteiger partial charge in [-0.1, -0.05) is 18.2 Å². The van der Waals surface area contributed by atoms with Gasteiger partial charge in [0, 0.05) is 0 Å². The van der Waals surface area contributed by atoms with Gasteiger partial charge in [0.25, 0.3) is 0 Å². The normalized spacial score (nSPS) is 10.6. The van der Waals surface area contributed by atoms with Crippen LogP contribution in [0.5, 0.6) is 5.75 Å². The number of carboxylic acid groups (broad SMARTS) is 1. The quantitative estimate of drug-likeness (QED) is 0.783. The maximum absolute atomic E-state index is 10.8. The van der Waals surface area contributed by atoms with Crippen molar-refractivity contribution in [2.45, 2.75) is 6.61 Å². The molecule has 4 heteroatoms. The van der Waals surface area contributed by atoms with Crippen molar-refractivity contribution in [3.8, 4) is 5.75 Å². The molecule has 1 N–H and O–H groups in total. The SMILES string of the molecule is O=C(O)c1ccc(COc2cccc3occc23)cc1. The summed E-state index contributed by atoms with van der Waals surface area (Å²) in [5, 5.41) is 9.76. The summed E-state index contributed by atoms with van der Waals surface area (Å²) in [4.78, 5) is 10.8. The van der Waals surface area contributed by atoms with Crippen LogP contribution in [0, 0.1) is 0 Å². The van der Waals surface area contributed by atoms with E-state index >= 15 is 0 Å². The highest BCUT2D eigenvalue weighted by Crippen LogP contribution is 2.26. The second-order valence-electron chi connectivity index (χ2n) is 4.38. The van der Waals surface area contributed by atoms with Crippen LogP contribution in [0.25, 0.3) is 11.0 Å². The monoisotopic (exact) mass is 268 g/mol. The topological polar surface area (TPSA) is 59.7 Å². The van der Waals surface area contributed by atoms with E-state index in [4.69, 9.17) is 14.3 Å². The Morgan fingerprint density at radius 2 is 1.90 bits per heavy atom. The Morgan fingerprint density at radius 3 is 2.65 bits per heavy atom. The zero-order valence-electron chi connectivity index (χ0n) is 10.6. The molecule has 1 aromatic heterocycles. The molecule has 0 saturated heterocycles. The van der Waals surface area contributed by atoms with Gasteiger partial charge in [-0.05, 0) is 35.9 Å². The molecule has 0 atom stereocenters. The van der Waals surface area contributed by atoms with E-state index in [1.807, 2.05) is 24.3 Å². The van der Waals surface area contributed by atoms with Gasteiger partial charge >= 0.3 is 5.97 Å². The van der Waals surface area contributed by atoms with Gasteiger partial charge in [-0.15, -0.1) is 0 Å². The summed E-state index contributed by atoms with van der Waals surface area (Å²) in [7, 11) is 0. The van der Waals surface area contributed by atoms with Gasteiger partial charge in [-0.2, -0.15) is 0 Å². The van der Waals surface area contributed by atoms with Gasteiger partial charge in [0.05, 0.1) is 17.2 Å². The van der Waals surface area contributed by atoms with E-state index in [0.29, 0.717) is 6.61 Å². The lowest BCUT2D eigenvalue weighted by atomic mass is 10.1. The molecule has 4 nitrogen and oxygen atoms in total. The highest BCUT2D eigenvalue weighted by atomic mass is 16.5. The number of ether oxygens (including phenoxy) is 1. The van der Waals surface area contributed by atoms with E-state index in [0.717, 1.165) is 22.3 Å². The number of hydrogen-bond donors (Lipinski definition) is 1. The van der Waals surface area contributed by atoms with Gasteiger partial charge in [0.1, 0.15) is 17.9 Å². The largest absolute Gasteiger partial charge is 0.488 e. The van der Waals surface area contributed by atoms with Crippen LogP contribution < -0.4 is 4.74 Å². The van der Waals surface area contributed by atoms with Gasteiger partial charge < -0.3 is 14.3 Å². The minimum absolute atomic E-state index is 0.269. The maximum Gasteiger partial charge on any atom is 0.335 e. The highest BCUT2D eigenvalue weighted by molar-refractivity contribution is 5.87. The predicted molar refractivity (Wildman–Crippen MR) is 73.9 cm³/mol. The van der Waals surface area contributed by atoms with E-state index in [1.54, 1.807) is 30.5 Å². The van der Waals surface area contributed by atoms with Gasteiger partial charge in [-0.25, -0.2) is 4.79 Å². The molecule has 0 saturated carbocycles. The molecule has 0 bridgehead atoms. The van der Waals surface area contributed by atoms with Crippen LogP contribution in [-0.4, -0.2) is 11.1 Å². The molecule has 0 spiro atoms. The first-order chi connectivity index (χ1) is 9.74. The standard InChI is InChI=1S/C16H12O4/c17-16(18)12-6-4-11(5-7-12)10-20-15-3-1-2-14-13(15)8-9-19-14/h1-9H,10H2,(H,17,18). The van der Waals surface area contributed by atoms with Gasteiger partial charge in [0.15, 0.2) is 0 Å². The molecular formula is C16H12O4. The molecule has 0 unspecified atom stereocenters. The second kappa shape index (κ2) is 5.09. The van der Waals surface area contributed by atoms with Crippen molar-refractivity contribution in [1.29, 1.82) is 0 Å². The Labute approximate surface area is 115 Å². The molecule has 3 aromatic rings. The molecule has 0 aliphatic rings. The highest BCUT2D eigenvalue weighted by Gasteiger charge is 2.05. The van der Waals surface area contributed by atoms with Crippen LogP contribution >= 0.6 is 0 Å². The Morgan fingerprint density at radius 1 is 1.10 bits per heavy atom. The number of benzene rings is 2. The molecule has 0 fully saturated rings. The molecule has 3 rings (SSSR count). The molecule has 0 amide bonds. The lowest BCUT2D eigenvalue weighted by Crippen LogP contribution is -1.99. The molecular weight excluding hydrogens is 256 g/mol. The summed E-state index contributed by atoms with van der Waals surface area (Å²) in [6, 6.07) is 14.1. The molecule has 0 radical (unpaired) electrons. The van der Waals surface area contributed by atoms with E-state index in [1.165, 1.54) is 0 Å². The van der Waals surface area contributed by atoms with Crippen LogP contribution in [0.4, 0.5) is 0 Å². The average Bonchev–Trinajstić information content (AvgIpc) is 2.94. The van der Waals surface area contributed by atoms with Crippen molar-refractivity contribution in [3.63, 3.8) is 0 Å². The van der Waals surface area contributed by atoms with E-state index in [9.17, 15) is 4.79 Å². The van der Waals surface area contributed by atoms with E-state index < -0.39 is 5.97 Å². The number of furan rings is 1. The number of carboxylic acids is 1. The lowest BCUT2D eigenvalue weighted by Gasteiger charge is -2.07. The van der Waals surface area contributed by atoms with Crippen LogP contribution in [0.3, 0.4) is 0 Å². The Balaban J connectivity index is 1.76. The number of rotatable bonds is 4. The summed E-state index contributed by atoms with van der Waals surface area (Å²) in [6.45, 7) is 0.379. The number of hydrogen-bond acceptors (Lipinski definition) is 3. The molecule has 2 aromatic carbocycles. The summed E-state index contributed by atoms with van der Waals surface area (Å²) < 4.78 is 11.1. The van der Waals surface area contributed by atoms with Crippen molar-refractivity contribution in [2.75, 3.05) is 0 Å². The third kappa shape index (κ3) is 2.36. The van der Waals surface area contributed by atoms with E-state index in [2.05, 4.69) is 0 Å². The van der Waals surface area contributed by atoms with Crippen LogP contribution in [-0.2, 0) is 6.61 Å². The smallest absolute Gasteiger partial charge is 0.335 e. The van der Waals surface area contributed by atoms with Gasteiger partial charge in [0.2, 0.25) is 0 Å². The maximum atomic E-state index is 10.8. The third-order valence-electron chi connectivity index (χ3n) is 3.05. The fraction of sp³-hybridized carbons (Fsp3) is 0.0625. The Kier molecular flexibility index (Phi) is 3.13. The summed E-state index contributed by atoms with van der Waals surface area (Å²) >= 11 is 0. The molecule has 100 valence electrons. The fourth-order valence-electron chi connectivity index (χ4n) is 2.00. The van der Waals surface area contributed by atoms with Crippen molar-refractivity contribution in [2.24, 2.45) is 0 Å². The van der Waals surface area contributed by atoms with Crippen molar-refractivity contribution < 1.29 is 19.1 Å². The zero-order valence-corrected chi connectivity index (χ0v) is 10.6. The number of fused-ring (bicyclic) bond motifs is 1. The van der Waals surface area contributed by atoms with E-state index in [-0.39, 0.29) is 5.56 Å². The first kappa shape index (κ1) is 12.3. The predicted octanol–water partition coefficient (Wildman–Crippen LogP) is 3.71. The molecule has 0 aliphatic heterocycles. The van der Waals surface area contributed by atoms with Crippen LogP contribution in [0.2, 0.25) is 0 Å². The minimum Gasteiger partial charge on any atom is -0.488 e. The molecule has 0 aliphatic carbocycles. The third-order valence-corrected chi connectivity index (χ3v) is 3.05. The lowest BCUT2D eigenvalue weighted by molar-refractivity contribution is 0.0697. The average molecular weight is 268 g/mol. The Bertz CT molecular complexity index is 741. The first-order valence-electron chi connectivity index (χ1n) is 6.15. The summed E-state index contributed by atoms with van der Waals surface area (Å²) in [6.07, 6.45) is 1.62. The van der Waals surface area contributed by atoms with Crippen molar-refractivity contribution in [3.05, 3.63) is 65.9 Å². The molecule has 1 heterocycles. The number of aromatic carboxylic acids is 1. The fourth-order valence-corrected chi connectivity index (χ4v) is 2.00. The summed E-state index contributed by atoms with van der Waals surface area (Å²) in [5.74, 6) is -0.181. The zero-order chi connectivity index (χ0) is 13.9. The first-order valence-corrected chi connectivity index (χ1v) is 6.15. The van der Waals surface area contributed by atoms with Crippen molar-refractivity contribution >= 4 is 16.9 Å². The van der Waals surface area contributed by atoms with Crippen LogP contribution in [0.1, 0.15) is 15.9 Å². The van der Waals surface area contributed by atoms with Gasteiger partial charge in [-0.3, -0.25) is 0 Å². The Hall–Kier alpha value is -2.75. The minimum atomic E-state index is -0.930. The van der Waals surface area contributed by atoms with Crippen LogP contribution in [0.15, 0.2) is 59.2 Å². The summed E-state index contributed by atoms with van der Waals surface area (Å²) in [5.41, 5.74) is 1.96. The van der Waals surface area contributed by atoms with Crippen molar-refractivity contribution in [1.82, 2.24) is 0 Å². The number of carbonyl (C=O) groups is 1. The second-order valence-corrected chi connectivity index (χ2v) is 4.38. The molecule has 20 heavy (non-hydrogen) atoms.